The number of hydrogen-bond donors (Lipinski definition) is 1. The number of aryl methyl sites for hydroxylation is 1. The maximum Gasteiger partial charge on any atom is 0.222 e. The summed E-state index contributed by atoms with van der Waals surface area (Å²) >= 11 is 6.87. The highest BCUT2D eigenvalue weighted by molar-refractivity contribution is 6.32. The molecule has 5 rings (SSSR count). The Labute approximate surface area is 245 Å². The number of rotatable bonds is 6. The Hall–Kier alpha value is -3.30. The van der Waals surface area contributed by atoms with Gasteiger partial charge in [0.25, 0.3) is 0 Å². The summed E-state index contributed by atoms with van der Waals surface area (Å²) in [4.78, 5) is 39.0. The van der Waals surface area contributed by atoms with Gasteiger partial charge in [-0.2, -0.15) is 0 Å². The van der Waals surface area contributed by atoms with Gasteiger partial charge in [0.2, 0.25) is 11.8 Å². The van der Waals surface area contributed by atoms with Gasteiger partial charge < -0.3 is 19.8 Å². The molecule has 2 aromatic carbocycles. The molecule has 1 saturated heterocycles. The van der Waals surface area contributed by atoms with Gasteiger partial charge in [-0.1, -0.05) is 35.9 Å². The molecule has 10 heteroatoms. The molecule has 2 aliphatic rings. The van der Waals surface area contributed by atoms with E-state index in [1.807, 2.05) is 29.2 Å². The van der Waals surface area contributed by atoms with E-state index in [1.54, 1.807) is 43.8 Å². The molecule has 1 unspecified atom stereocenters. The van der Waals surface area contributed by atoms with Crippen molar-refractivity contribution in [3.05, 3.63) is 63.7 Å². The van der Waals surface area contributed by atoms with E-state index in [1.165, 1.54) is 0 Å². The molecule has 0 radical (unpaired) electrons. The number of fused-ring (bicyclic) bond motifs is 2. The van der Waals surface area contributed by atoms with Crippen LogP contribution >= 0.6 is 11.6 Å². The topological polar surface area (TPSA) is 89.9 Å². The fourth-order valence-electron chi connectivity index (χ4n) is 6.09. The number of carbonyl (C=O) groups is 2. The Bertz CT molecular complexity index is 1490. The van der Waals surface area contributed by atoms with Crippen LogP contribution in [0.5, 0.6) is 0 Å². The highest BCUT2D eigenvalue weighted by atomic mass is 35.5. The molecule has 1 fully saturated rings. The number of carbonyl (C=O) groups excluding carboxylic acids is 2. The van der Waals surface area contributed by atoms with E-state index in [2.05, 4.69) is 4.98 Å². The van der Waals surface area contributed by atoms with Crippen LogP contribution in [0.4, 0.5) is 10.2 Å². The summed E-state index contributed by atoms with van der Waals surface area (Å²) in [6.45, 7) is 5.50. The van der Waals surface area contributed by atoms with Gasteiger partial charge in [0.15, 0.2) is 5.82 Å². The first-order chi connectivity index (χ1) is 19.4. The lowest BCUT2D eigenvalue weighted by molar-refractivity contribution is -0.129. The van der Waals surface area contributed by atoms with Crippen LogP contribution in [0.2, 0.25) is 5.02 Å². The van der Waals surface area contributed by atoms with Crippen molar-refractivity contribution in [2.45, 2.75) is 57.5 Å². The number of aromatic nitrogens is 2. The Morgan fingerprint density at radius 2 is 1.88 bits per heavy atom. The third-order valence-corrected chi connectivity index (χ3v) is 8.57. The molecule has 2 amide bonds. The maximum atomic E-state index is 16.7. The summed E-state index contributed by atoms with van der Waals surface area (Å²) < 4.78 is 16.7. The first-order valence-corrected chi connectivity index (χ1v) is 14.5. The molecule has 1 aliphatic heterocycles. The summed E-state index contributed by atoms with van der Waals surface area (Å²) in [5.74, 6) is 0.111. The Balaban J connectivity index is 1.60. The lowest BCUT2D eigenvalue weighted by Gasteiger charge is -2.37. The van der Waals surface area contributed by atoms with Gasteiger partial charge in [-0.15, -0.1) is 0 Å². The minimum atomic E-state index is -1.01. The van der Waals surface area contributed by atoms with Crippen molar-refractivity contribution in [2.75, 3.05) is 45.2 Å². The fraction of sp³-hybridized carbons (Fsp3) is 0.484. The highest BCUT2D eigenvalue weighted by Crippen LogP contribution is 2.46. The minimum Gasteiger partial charge on any atom is -0.390 e. The van der Waals surface area contributed by atoms with Crippen LogP contribution < -0.4 is 4.90 Å². The molecule has 41 heavy (non-hydrogen) atoms. The molecule has 2 heterocycles. The van der Waals surface area contributed by atoms with Crippen molar-refractivity contribution in [1.29, 1.82) is 0 Å². The van der Waals surface area contributed by atoms with E-state index >= 15 is 4.39 Å². The monoisotopic (exact) mass is 581 g/mol. The molecule has 1 N–H and O–H groups in total. The van der Waals surface area contributed by atoms with Crippen LogP contribution in [0.15, 0.2) is 30.3 Å². The second-order valence-corrected chi connectivity index (χ2v) is 12.1. The number of aliphatic hydroxyl groups is 1. The molecule has 2 atom stereocenters. The summed E-state index contributed by atoms with van der Waals surface area (Å²) in [6.07, 6.45) is 2.09. The Morgan fingerprint density at radius 1 is 1.17 bits per heavy atom. The normalized spacial score (nSPS) is 20.7. The molecular formula is C31H37ClFN5O3. The van der Waals surface area contributed by atoms with Crippen LogP contribution in [-0.4, -0.2) is 82.6 Å². The molecule has 0 bridgehead atoms. The van der Waals surface area contributed by atoms with Crippen LogP contribution in [0.1, 0.15) is 61.5 Å². The van der Waals surface area contributed by atoms with E-state index in [0.29, 0.717) is 80.9 Å². The number of piperazine rings is 1. The number of benzene rings is 2. The van der Waals surface area contributed by atoms with Crippen molar-refractivity contribution in [1.82, 2.24) is 19.8 Å². The average Bonchev–Trinajstić information content (AvgIpc) is 2.92. The van der Waals surface area contributed by atoms with Crippen molar-refractivity contribution in [2.24, 2.45) is 0 Å². The third kappa shape index (κ3) is 6.02. The van der Waals surface area contributed by atoms with Crippen molar-refractivity contribution >= 4 is 40.1 Å². The van der Waals surface area contributed by atoms with Gasteiger partial charge in [0.05, 0.1) is 5.60 Å². The summed E-state index contributed by atoms with van der Waals surface area (Å²) in [5, 5.41) is 11.9. The molecule has 0 saturated carbocycles. The van der Waals surface area contributed by atoms with E-state index < -0.39 is 17.3 Å². The number of hydrogen-bond acceptors (Lipinski definition) is 6. The highest BCUT2D eigenvalue weighted by Gasteiger charge is 2.37. The first kappa shape index (κ1) is 29.2. The van der Waals surface area contributed by atoms with Crippen LogP contribution in [-0.2, 0) is 22.4 Å². The second-order valence-electron chi connectivity index (χ2n) is 11.7. The van der Waals surface area contributed by atoms with E-state index in [0.717, 1.165) is 11.1 Å². The lowest BCUT2D eigenvalue weighted by atomic mass is 9.72. The summed E-state index contributed by atoms with van der Waals surface area (Å²) in [6, 6.07) is 9.54. The standard InChI is InChI=1S/C31H37ClFN5O3/c1-19(39)37-12-14-38(15-13-37)30-22-16-24(32)27(23-18-31(2,41)17-20-8-5-6-9-21(20)23)28(33)29(22)34-25(35-30)10-7-11-26(40)36(3)4/h5-6,8-9,16,23,41H,7,10-15,17-18H2,1-4H3/t23-,31?/m0/s1. The first-order valence-electron chi connectivity index (χ1n) is 14.1. The number of anilines is 1. The van der Waals surface area contributed by atoms with Gasteiger partial charge in [0.1, 0.15) is 17.2 Å². The third-order valence-electron chi connectivity index (χ3n) is 8.25. The van der Waals surface area contributed by atoms with Crippen LogP contribution in [0.3, 0.4) is 0 Å². The van der Waals surface area contributed by atoms with Gasteiger partial charge >= 0.3 is 0 Å². The second kappa shape index (κ2) is 11.5. The summed E-state index contributed by atoms with van der Waals surface area (Å²) in [5.41, 5.74) is 1.42. The predicted molar refractivity (Wildman–Crippen MR) is 158 cm³/mol. The number of halogens is 2. The minimum absolute atomic E-state index is 0.00892. The largest absolute Gasteiger partial charge is 0.390 e. The zero-order valence-electron chi connectivity index (χ0n) is 24.1. The van der Waals surface area contributed by atoms with E-state index in [9.17, 15) is 14.7 Å². The van der Waals surface area contributed by atoms with Gasteiger partial charge in [0, 0.05) is 88.4 Å². The fourth-order valence-corrected chi connectivity index (χ4v) is 6.42. The number of nitrogens with zero attached hydrogens (tertiary/aromatic N) is 5. The van der Waals surface area contributed by atoms with Crippen LogP contribution in [0.25, 0.3) is 10.9 Å². The Kier molecular flexibility index (Phi) is 8.21. The molecule has 218 valence electrons. The average molecular weight is 582 g/mol. The zero-order chi connectivity index (χ0) is 29.5. The molecule has 1 aromatic heterocycles. The van der Waals surface area contributed by atoms with Crippen molar-refractivity contribution in [3.63, 3.8) is 0 Å². The predicted octanol–water partition coefficient (Wildman–Crippen LogP) is 4.33. The Morgan fingerprint density at radius 3 is 2.56 bits per heavy atom. The molecule has 8 nitrogen and oxygen atoms in total. The van der Waals surface area contributed by atoms with Crippen molar-refractivity contribution in [3.8, 4) is 0 Å². The maximum absolute atomic E-state index is 16.7. The van der Waals surface area contributed by atoms with Gasteiger partial charge in [-0.05, 0) is 37.0 Å². The zero-order valence-corrected chi connectivity index (χ0v) is 24.8. The summed E-state index contributed by atoms with van der Waals surface area (Å²) in [7, 11) is 3.43. The molecule has 1 aliphatic carbocycles. The van der Waals surface area contributed by atoms with Gasteiger partial charge in [-0.25, -0.2) is 14.4 Å². The molecule has 3 aromatic rings. The quantitative estimate of drug-likeness (QED) is 0.466. The van der Waals surface area contributed by atoms with E-state index in [-0.39, 0.29) is 22.4 Å². The number of amides is 2. The van der Waals surface area contributed by atoms with Gasteiger partial charge in [-0.3, -0.25) is 9.59 Å². The molecule has 0 spiro atoms. The smallest absolute Gasteiger partial charge is 0.222 e. The lowest BCUT2D eigenvalue weighted by Crippen LogP contribution is -2.48. The van der Waals surface area contributed by atoms with Crippen molar-refractivity contribution < 1.29 is 19.1 Å². The van der Waals surface area contributed by atoms with Crippen LogP contribution in [0, 0.1) is 5.82 Å². The van der Waals surface area contributed by atoms with E-state index in [4.69, 9.17) is 16.6 Å². The SMILES string of the molecule is CC(=O)N1CCN(c2nc(CCCC(=O)N(C)C)nc3c(F)c([C@H]4CC(C)(O)Cc5ccccc54)c(Cl)cc23)CC1. The molecular weight excluding hydrogens is 545 g/mol.